The Morgan fingerprint density at radius 3 is 2.95 bits per heavy atom. The molecule has 0 aliphatic heterocycles. The molecule has 0 unspecified atom stereocenters. The van der Waals surface area contributed by atoms with Gasteiger partial charge in [0.15, 0.2) is 11.6 Å². The Labute approximate surface area is 112 Å². The highest BCUT2D eigenvalue weighted by Gasteiger charge is 2.14. The van der Waals surface area contributed by atoms with Gasteiger partial charge in [0.2, 0.25) is 0 Å². The smallest absolute Gasteiger partial charge is 0.254 e. The normalized spacial score (nSPS) is 10.3. The van der Waals surface area contributed by atoms with Crippen molar-refractivity contribution in [3.05, 3.63) is 23.6 Å². The Balaban J connectivity index is 2.41. The van der Waals surface area contributed by atoms with Gasteiger partial charge in [-0.05, 0) is 18.9 Å². The summed E-state index contributed by atoms with van der Waals surface area (Å²) in [5.41, 5.74) is -0.00572. The van der Waals surface area contributed by atoms with Crippen molar-refractivity contribution in [3.8, 4) is 0 Å². The summed E-state index contributed by atoms with van der Waals surface area (Å²) in [5, 5.41) is 5.25. The number of rotatable bonds is 8. The van der Waals surface area contributed by atoms with Crippen LogP contribution >= 0.6 is 0 Å². The summed E-state index contributed by atoms with van der Waals surface area (Å²) in [5.74, 6) is -1.00. The molecule has 0 spiro atoms. The lowest BCUT2D eigenvalue weighted by Crippen LogP contribution is -2.26. The van der Waals surface area contributed by atoms with Crippen LogP contribution in [0.2, 0.25) is 0 Å². The zero-order valence-corrected chi connectivity index (χ0v) is 11.3. The lowest BCUT2D eigenvalue weighted by atomic mass is 10.2. The molecule has 0 aliphatic carbocycles. The first-order chi connectivity index (χ1) is 9.20. The van der Waals surface area contributed by atoms with Crippen LogP contribution in [0, 0.1) is 5.82 Å². The number of pyridine rings is 1. The number of ether oxygens (including phenoxy) is 1. The monoisotopic (exact) mass is 269 g/mol. The molecule has 0 saturated heterocycles. The number of nitrogens with one attached hydrogen (secondary N) is 2. The first-order valence-corrected chi connectivity index (χ1v) is 6.38. The molecule has 5 nitrogen and oxygen atoms in total. The first kappa shape index (κ1) is 15.4. The maximum Gasteiger partial charge on any atom is 0.254 e. The molecule has 1 amide bonds. The van der Waals surface area contributed by atoms with Gasteiger partial charge in [-0.1, -0.05) is 6.92 Å². The second kappa shape index (κ2) is 8.42. The molecule has 1 aromatic rings. The average Bonchev–Trinajstić information content (AvgIpc) is 2.42. The summed E-state index contributed by atoms with van der Waals surface area (Å²) >= 11 is 0. The number of nitrogens with zero attached hydrogens (tertiary/aromatic N) is 1. The van der Waals surface area contributed by atoms with E-state index < -0.39 is 11.7 Å². The van der Waals surface area contributed by atoms with E-state index in [1.807, 2.05) is 6.92 Å². The molecule has 6 heteroatoms. The Kier molecular flexibility index (Phi) is 6.81. The highest BCUT2D eigenvalue weighted by atomic mass is 19.1. The van der Waals surface area contributed by atoms with Crippen LogP contribution in [0.1, 0.15) is 30.1 Å². The Morgan fingerprint density at radius 2 is 2.26 bits per heavy atom. The van der Waals surface area contributed by atoms with Crippen LogP contribution < -0.4 is 10.6 Å². The molecule has 0 bridgehead atoms. The first-order valence-electron chi connectivity index (χ1n) is 6.38. The van der Waals surface area contributed by atoms with Crippen molar-refractivity contribution in [1.82, 2.24) is 10.3 Å². The Hall–Kier alpha value is -1.69. The number of halogens is 1. The standard InChI is InChI=1S/C13H20FN3O2/c1-3-8-19-9-4-6-17-13(18)10-5-7-16-12(15-2)11(10)14/h5,7H,3-4,6,8-9H2,1-2H3,(H,15,16)(H,17,18). The SMILES string of the molecule is CCCOCCCNC(=O)c1ccnc(NC)c1F. The maximum atomic E-state index is 13.8. The van der Waals surface area contributed by atoms with Gasteiger partial charge in [-0.25, -0.2) is 9.37 Å². The van der Waals surface area contributed by atoms with Crippen molar-refractivity contribution in [2.24, 2.45) is 0 Å². The van der Waals surface area contributed by atoms with Crippen molar-refractivity contribution in [2.75, 3.05) is 32.1 Å². The Morgan fingerprint density at radius 1 is 1.47 bits per heavy atom. The zero-order chi connectivity index (χ0) is 14.1. The van der Waals surface area contributed by atoms with Crippen molar-refractivity contribution in [3.63, 3.8) is 0 Å². The topological polar surface area (TPSA) is 63.2 Å². The van der Waals surface area contributed by atoms with Crippen molar-refractivity contribution < 1.29 is 13.9 Å². The van der Waals surface area contributed by atoms with Crippen LogP contribution in [0.3, 0.4) is 0 Å². The molecule has 0 radical (unpaired) electrons. The molecule has 1 aromatic heterocycles. The molecular weight excluding hydrogens is 249 g/mol. The van der Waals surface area contributed by atoms with Gasteiger partial charge in [-0.3, -0.25) is 4.79 Å². The molecule has 106 valence electrons. The number of hydrogen-bond donors (Lipinski definition) is 2. The Bertz CT molecular complexity index is 413. The second-order valence-corrected chi connectivity index (χ2v) is 3.99. The van der Waals surface area contributed by atoms with Crippen LogP contribution in [-0.2, 0) is 4.74 Å². The lowest BCUT2D eigenvalue weighted by molar-refractivity contribution is 0.0937. The van der Waals surface area contributed by atoms with Gasteiger partial charge in [0.25, 0.3) is 5.91 Å². The van der Waals surface area contributed by atoms with Gasteiger partial charge in [0.05, 0.1) is 5.56 Å². The fourth-order valence-corrected chi connectivity index (χ4v) is 1.51. The largest absolute Gasteiger partial charge is 0.381 e. The summed E-state index contributed by atoms with van der Waals surface area (Å²) in [6.07, 6.45) is 3.08. The summed E-state index contributed by atoms with van der Waals surface area (Å²) in [6, 6.07) is 1.36. The number of carbonyl (C=O) groups is 1. The van der Waals surface area contributed by atoms with Gasteiger partial charge >= 0.3 is 0 Å². The third-order valence-electron chi connectivity index (χ3n) is 2.47. The molecule has 0 aliphatic rings. The fraction of sp³-hybridized carbons (Fsp3) is 0.538. The minimum Gasteiger partial charge on any atom is -0.381 e. The summed E-state index contributed by atoms with van der Waals surface area (Å²) in [6.45, 7) is 3.81. The minimum absolute atomic E-state index is 0.00572. The van der Waals surface area contributed by atoms with E-state index in [9.17, 15) is 9.18 Å². The van der Waals surface area contributed by atoms with Crippen molar-refractivity contribution in [1.29, 1.82) is 0 Å². The fourth-order valence-electron chi connectivity index (χ4n) is 1.51. The van der Waals surface area contributed by atoms with Gasteiger partial charge in [-0.2, -0.15) is 0 Å². The average molecular weight is 269 g/mol. The van der Waals surface area contributed by atoms with Crippen LogP contribution in [0.25, 0.3) is 0 Å². The third kappa shape index (κ3) is 4.82. The van der Waals surface area contributed by atoms with Crippen LogP contribution in [-0.4, -0.2) is 37.7 Å². The molecule has 0 fully saturated rings. The molecule has 1 rings (SSSR count). The highest BCUT2D eigenvalue weighted by Crippen LogP contribution is 2.13. The predicted molar refractivity (Wildman–Crippen MR) is 71.8 cm³/mol. The summed E-state index contributed by atoms with van der Waals surface area (Å²) in [7, 11) is 1.55. The van der Waals surface area contributed by atoms with E-state index in [1.54, 1.807) is 7.05 Å². The number of aromatic nitrogens is 1. The highest BCUT2D eigenvalue weighted by molar-refractivity contribution is 5.95. The van der Waals surface area contributed by atoms with E-state index in [0.717, 1.165) is 13.0 Å². The number of hydrogen-bond acceptors (Lipinski definition) is 4. The van der Waals surface area contributed by atoms with Gasteiger partial charge < -0.3 is 15.4 Å². The zero-order valence-electron chi connectivity index (χ0n) is 11.3. The molecule has 1 heterocycles. The molecule has 0 aromatic carbocycles. The molecule has 19 heavy (non-hydrogen) atoms. The lowest BCUT2D eigenvalue weighted by Gasteiger charge is -2.08. The van der Waals surface area contributed by atoms with E-state index in [4.69, 9.17) is 4.74 Å². The summed E-state index contributed by atoms with van der Waals surface area (Å²) < 4.78 is 19.1. The van der Waals surface area contributed by atoms with E-state index in [1.165, 1.54) is 12.3 Å². The number of anilines is 1. The van der Waals surface area contributed by atoms with E-state index in [0.29, 0.717) is 19.6 Å². The van der Waals surface area contributed by atoms with Crippen LogP contribution in [0.15, 0.2) is 12.3 Å². The van der Waals surface area contributed by atoms with E-state index in [2.05, 4.69) is 15.6 Å². The van der Waals surface area contributed by atoms with E-state index >= 15 is 0 Å². The second-order valence-electron chi connectivity index (χ2n) is 3.99. The predicted octanol–water partition coefficient (Wildman–Crippen LogP) is 1.81. The third-order valence-corrected chi connectivity index (χ3v) is 2.47. The maximum absolute atomic E-state index is 13.8. The molecule has 2 N–H and O–H groups in total. The van der Waals surface area contributed by atoms with Crippen molar-refractivity contribution >= 4 is 11.7 Å². The van der Waals surface area contributed by atoms with Crippen LogP contribution in [0.5, 0.6) is 0 Å². The number of carbonyl (C=O) groups excluding carboxylic acids is 1. The van der Waals surface area contributed by atoms with Gasteiger partial charge in [-0.15, -0.1) is 0 Å². The van der Waals surface area contributed by atoms with Gasteiger partial charge in [0.1, 0.15) is 0 Å². The molecule has 0 atom stereocenters. The van der Waals surface area contributed by atoms with Crippen molar-refractivity contribution in [2.45, 2.75) is 19.8 Å². The van der Waals surface area contributed by atoms with Crippen LogP contribution in [0.4, 0.5) is 10.2 Å². The quantitative estimate of drug-likeness (QED) is 0.706. The van der Waals surface area contributed by atoms with Gasteiger partial charge in [0, 0.05) is 33.0 Å². The molecule has 0 saturated carbocycles. The van der Waals surface area contributed by atoms with E-state index in [-0.39, 0.29) is 11.4 Å². The molecular formula is C13H20FN3O2. The number of amides is 1. The summed E-state index contributed by atoms with van der Waals surface area (Å²) in [4.78, 5) is 15.6. The minimum atomic E-state index is -0.635.